The van der Waals surface area contributed by atoms with Crippen molar-refractivity contribution in [2.24, 2.45) is 5.92 Å². The number of nitrogens with zero attached hydrogens (tertiary/aromatic N) is 1. The van der Waals surface area contributed by atoms with Crippen molar-refractivity contribution in [1.82, 2.24) is 5.06 Å². The lowest BCUT2D eigenvalue weighted by atomic mass is 9.87. The number of hydrogen-bond donors (Lipinski definition) is 0. The predicted molar refractivity (Wildman–Crippen MR) is 106 cm³/mol. The van der Waals surface area contributed by atoms with Crippen LogP contribution >= 0.6 is 0 Å². The second kappa shape index (κ2) is 10.7. The average Bonchev–Trinajstić information content (AvgIpc) is 2.49. The van der Waals surface area contributed by atoms with Crippen LogP contribution in [-0.2, 0) is 19.1 Å². The molecule has 0 saturated heterocycles. The highest BCUT2D eigenvalue weighted by Gasteiger charge is 2.28. The van der Waals surface area contributed by atoms with Crippen molar-refractivity contribution in [1.29, 1.82) is 0 Å². The summed E-state index contributed by atoms with van der Waals surface area (Å²) in [5.41, 5.74) is -1.45. The normalized spacial score (nSPS) is 18.6. The lowest BCUT2D eigenvalue weighted by Crippen LogP contribution is -2.40. The molecular formula is C21H37NO6. The number of hydroxylamine groups is 2. The van der Waals surface area contributed by atoms with Gasteiger partial charge in [0.1, 0.15) is 17.0 Å². The fourth-order valence-electron chi connectivity index (χ4n) is 3.04. The number of Topliss-reactive ketones (excluding diaryl/α,β-unsaturated/α-hetero) is 1. The van der Waals surface area contributed by atoms with Gasteiger partial charge in [0.05, 0.1) is 6.54 Å². The molecule has 0 spiro atoms. The maximum absolute atomic E-state index is 12.4. The molecule has 7 nitrogen and oxygen atoms in total. The van der Waals surface area contributed by atoms with E-state index in [-0.39, 0.29) is 12.5 Å². The first-order valence-electron chi connectivity index (χ1n) is 10.3. The first-order chi connectivity index (χ1) is 12.9. The third-order valence-electron chi connectivity index (χ3n) is 4.27. The van der Waals surface area contributed by atoms with Gasteiger partial charge < -0.3 is 14.3 Å². The van der Waals surface area contributed by atoms with E-state index >= 15 is 0 Å². The van der Waals surface area contributed by atoms with Gasteiger partial charge in [0.15, 0.2) is 0 Å². The van der Waals surface area contributed by atoms with Crippen LogP contribution < -0.4 is 0 Å². The van der Waals surface area contributed by atoms with Crippen LogP contribution in [0.2, 0.25) is 0 Å². The molecule has 1 fully saturated rings. The predicted octanol–water partition coefficient (Wildman–Crippen LogP) is 5.41. The van der Waals surface area contributed by atoms with E-state index in [0.29, 0.717) is 25.0 Å². The number of hydrogen-bond acceptors (Lipinski definition) is 6. The van der Waals surface area contributed by atoms with Gasteiger partial charge in [-0.1, -0.05) is 19.3 Å². The minimum absolute atomic E-state index is 0.0160. The number of amides is 1. The molecule has 1 aliphatic carbocycles. The summed E-state index contributed by atoms with van der Waals surface area (Å²) in [6.45, 7) is 10.5. The number of ether oxygens (including phenoxy) is 2. The SMILES string of the molecule is CC(C)(C)OC(=O)ON(CCCC1CCCCCCC1=O)C(=O)OC(C)(C)C. The Morgan fingerprint density at radius 1 is 0.964 bits per heavy atom. The van der Waals surface area contributed by atoms with Crippen LogP contribution in [0.1, 0.15) is 92.9 Å². The summed E-state index contributed by atoms with van der Waals surface area (Å²) in [5, 5.41) is 0.896. The quantitative estimate of drug-likeness (QED) is 0.464. The van der Waals surface area contributed by atoms with Crippen LogP contribution in [0.5, 0.6) is 0 Å². The average molecular weight is 400 g/mol. The molecule has 162 valence electrons. The van der Waals surface area contributed by atoms with Gasteiger partial charge in [0.2, 0.25) is 0 Å². The highest BCUT2D eigenvalue weighted by molar-refractivity contribution is 5.81. The molecule has 0 heterocycles. The molecule has 7 heteroatoms. The second-order valence-electron chi connectivity index (χ2n) is 9.40. The molecule has 1 aliphatic rings. The van der Waals surface area contributed by atoms with Crippen molar-refractivity contribution >= 4 is 18.0 Å². The summed E-state index contributed by atoms with van der Waals surface area (Å²) in [5.74, 6) is 0.318. The van der Waals surface area contributed by atoms with Gasteiger partial charge in [-0.15, -0.1) is 5.06 Å². The molecule has 0 aromatic heterocycles. The Balaban J connectivity index is 2.66. The zero-order valence-electron chi connectivity index (χ0n) is 18.3. The number of ketones is 1. The molecule has 1 amide bonds. The Labute approximate surface area is 169 Å². The molecule has 28 heavy (non-hydrogen) atoms. The van der Waals surface area contributed by atoms with Crippen LogP contribution in [-0.4, -0.2) is 40.8 Å². The minimum atomic E-state index is -0.958. The summed E-state index contributed by atoms with van der Waals surface area (Å²) in [4.78, 5) is 41.8. The van der Waals surface area contributed by atoms with Gasteiger partial charge in [0.25, 0.3) is 0 Å². The van der Waals surface area contributed by atoms with Gasteiger partial charge in [0, 0.05) is 12.3 Å². The number of carbonyl (C=O) groups excluding carboxylic acids is 3. The Morgan fingerprint density at radius 3 is 2.18 bits per heavy atom. The minimum Gasteiger partial charge on any atom is -0.442 e. The second-order valence-corrected chi connectivity index (χ2v) is 9.40. The van der Waals surface area contributed by atoms with Gasteiger partial charge >= 0.3 is 12.2 Å². The first kappa shape index (κ1) is 24.2. The topological polar surface area (TPSA) is 82.1 Å². The van der Waals surface area contributed by atoms with Gasteiger partial charge in [-0.25, -0.2) is 9.59 Å². The molecule has 0 radical (unpaired) electrons. The van der Waals surface area contributed by atoms with Gasteiger partial charge in [-0.2, -0.15) is 0 Å². The molecule has 1 saturated carbocycles. The molecular weight excluding hydrogens is 362 g/mol. The summed E-state index contributed by atoms with van der Waals surface area (Å²) in [6, 6.07) is 0. The molecule has 0 aliphatic heterocycles. The third kappa shape index (κ3) is 10.5. The maximum Gasteiger partial charge on any atom is 0.534 e. The summed E-state index contributed by atoms with van der Waals surface area (Å²) < 4.78 is 10.4. The van der Waals surface area contributed by atoms with E-state index in [4.69, 9.17) is 14.3 Å². The smallest absolute Gasteiger partial charge is 0.442 e. The van der Waals surface area contributed by atoms with Crippen molar-refractivity contribution < 1.29 is 28.7 Å². The Morgan fingerprint density at radius 2 is 1.57 bits per heavy atom. The fourth-order valence-corrected chi connectivity index (χ4v) is 3.04. The molecule has 1 rings (SSSR count). The maximum atomic E-state index is 12.4. The summed E-state index contributed by atoms with van der Waals surface area (Å²) >= 11 is 0. The summed E-state index contributed by atoms with van der Waals surface area (Å²) in [7, 11) is 0. The monoisotopic (exact) mass is 399 g/mol. The van der Waals surface area contributed by atoms with Crippen molar-refractivity contribution in [2.75, 3.05) is 6.54 Å². The molecule has 0 aromatic rings. The molecule has 0 N–H and O–H groups in total. The standard InChI is InChI=1S/C21H37NO6/c1-20(2,3)26-18(24)22(28-19(25)27-21(4,5)6)15-11-13-16-12-9-7-8-10-14-17(16)23/h16H,7-15H2,1-6H3. The van der Waals surface area contributed by atoms with Gasteiger partial charge in [-0.3, -0.25) is 4.79 Å². The van der Waals surface area contributed by atoms with E-state index < -0.39 is 23.5 Å². The van der Waals surface area contributed by atoms with Crippen molar-refractivity contribution in [3.8, 4) is 0 Å². The first-order valence-corrected chi connectivity index (χ1v) is 10.3. The van der Waals surface area contributed by atoms with Crippen molar-refractivity contribution in [3.05, 3.63) is 0 Å². The molecule has 0 aromatic carbocycles. The fraction of sp³-hybridized carbons (Fsp3) is 0.857. The van der Waals surface area contributed by atoms with Crippen LogP contribution in [0.3, 0.4) is 0 Å². The Kier molecular flexibility index (Phi) is 9.24. The van der Waals surface area contributed by atoms with Gasteiger partial charge in [-0.05, 0) is 67.2 Å². The highest BCUT2D eigenvalue weighted by Crippen LogP contribution is 2.24. The lowest BCUT2D eigenvalue weighted by Gasteiger charge is -2.27. The van der Waals surface area contributed by atoms with Crippen LogP contribution in [0.15, 0.2) is 0 Å². The molecule has 1 unspecified atom stereocenters. The van der Waals surface area contributed by atoms with E-state index in [1.807, 2.05) is 0 Å². The molecule has 1 atom stereocenters. The largest absolute Gasteiger partial charge is 0.534 e. The number of carbonyl (C=O) groups is 3. The van der Waals surface area contributed by atoms with Crippen molar-refractivity contribution in [2.45, 2.75) is 104 Å². The zero-order valence-corrected chi connectivity index (χ0v) is 18.3. The highest BCUT2D eigenvalue weighted by atomic mass is 16.8. The summed E-state index contributed by atoms with van der Waals surface area (Å²) in [6.07, 6.45) is 5.32. The Bertz CT molecular complexity index is 532. The van der Waals surface area contributed by atoms with Crippen LogP contribution in [0.25, 0.3) is 0 Å². The van der Waals surface area contributed by atoms with Crippen molar-refractivity contribution in [3.63, 3.8) is 0 Å². The Hall–Kier alpha value is -1.79. The van der Waals surface area contributed by atoms with E-state index in [9.17, 15) is 14.4 Å². The third-order valence-corrected chi connectivity index (χ3v) is 4.27. The van der Waals surface area contributed by atoms with E-state index in [1.165, 1.54) is 0 Å². The lowest BCUT2D eigenvalue weighted by molar-refractivity contribution is -0.137. The van der Waals surface area contributed by atoms with Crippen LogP contribution in [0, 0.1) is 5.92 Å². The molecule has 0 bridgehead atoms. The van der Waals surface area contributed by atoms with E-state index in [1.54, 1.807) is 41.5 Å². The number of rotatable bonds is 4. The zero-order chi connectivity index (χ0) is 21.4. The van der Waals surface area contributed by atoms with E-state index in [0.717, 1.165) is 37.2 Å². The van der Waals surface area contributed by atoms with Crippen LogP contribution in [0.4, 0.5) is 9.59 Å². The van der Waals surface area contributed by atoms with E-state index in [2.05, 4.69) is 0 Å².